The Labute approximate surface area is 109 Å². The Kier molecular flexibility index (Phi) is 9.42. The van der Waals surface area contributed by atoms with Crippen molar-refractivity contribution < 1.29 is 19.7 Å². The molecule has 1 fully saturated rings. The first kappa shape index (κ1) is 15.9. The van der Waals surface area contributed by atoms with Crippen LogP contribution in [-0.4, -0.2) is 62.4 Å². The highest BCUT2D eigenvalue weighted by molar-refractivity contribution is 4.81. The first-order valence-corrected chi connectivity index (χ1v) is 6.99. The van der Waals surface area contributed by atoms with E-state index in [0.717, 1.165) is 19.4 Å². The van der Waals surface area contributed by atoms with Gasteiger partial charge in [0.15, 0.2) is 0 Å². The van der Waals surface area contributed by atoms with Crippen molar-refractivity contribution in [2.24, 2.45) is 5.92 Å². The molecule has 0 aromatic carbocycles. The molecule has 5 heteroatoms. The number of ether oxygens (including phenoxy) is 2. The van der Waals surface area contributed by atoms with Crippen molar-refractivity contribution in [2.45, 2.75) is 31.7 Å². The molecule has 1 aliphatic heterocycles. The van der Waals surface area contributed by atoms with Crippen LogP contribution in [-0.2, 0) is 9.47 Å². The normalized spacial score (nSPS) is 19.8. The molecule has 0 aromatic heterocycles. The summed E-state index contributed by atoms with van der Waals surface area (Å²) in [5, 5.41) is 20.9. The highest BCUT2D eigenvalue weighted by atomic mass is 16.5. The van der Waals surface area contributed by atoms with Crippen molar-refractivity contribution in [3.63, 3.8) is 0 Å². The molecule has 0 aromatic rings. The molecule has 1 saturated heterocycles. The van der Waals surface area contributed by atoms with Gasteiger partial charge in [-0.1, -0.05) is 0 Å². The third kappa shape index (κ3) is 6.66. The Balaban J connectivity index is 2.18. The maximum Gasteiger partial charge on any atom is 0.0697 e. The summed E-state index contributed by atoms with van der Waals surface area (Å²) in [5.74, 6) is 0.560. The predicted molar refractivity (Wildman–Crippen MR) is 69.6 cm³/mol. The van der Waals surface area contributed by atoms with Crippen LogP contribution >= 0.6 is 0 Å². The summed E-state index contributed by atoms with van der Waals surface area (Å²) in [6, 6.07) is 0.570. The average molecular weight is 261 g/mol. The van der Waals surface area contributed by atoms with Crippen LogP contribution < -0.4 is 5.32 Å². The molecule has 0 aliphatic carbocycles. The molecule has 1 heterocycles. The summed E-state index contributed by atoms with van der Waals surface area (Å²) < 4.78 is 10.7. The average Bonchev–Trinajstić information content (AvgIpc) is 2.91. The molecule has 0 radical (unpaired) electrons. The van der Waals surface area contributed by atoms with E-state index in [-0.39, 0.29) is 13.2 Å². The van der Waals surface area contributed by atoms with Crippen LogP contribution in [0.2, 0.25) is 0 Å². The smallest absolute Gasteiger partial charge is 0.0697 e. The van der Waals surface area contributed by atoms with Gasteiger partial charge in [0.1, 0.15) is 0 Å². The Morgan fingerprint density at radius 3 is 2.06 bits per heavy atom. The molecule has 3 N–H and O–H groups in total. The van der Waals surface area contributed by atoms with Crippen LogP contribution in [0.3, 0.4) is 0 Å². The van der Waals surface area contributed by atoms with E-state index in [1.807, 2.05) is 0 Å². The van der Waals surface area contributed by atoms with Gasteiger partial charge in [-0.3, -0.25) is 0 Å². The quantitative estimate of drug-likeness (QED) is 0.462. The second kappa shape index (κ2) is 10.7. The van der Waals surface area contributed by atoms with Gasteiger partial charge in [-0.25, -0.2) is 0 Å². The lowest BCUT2D eigenvalue weighted by Gasteiger charge is -2.23. The molecule has 1 unspecified atom stereocenters. The standard InChI is InChI=1S/C13H27NO4/c15-6-10-17-8-3-12(4-9-18-11-7-16)13-2-1-5-14-13/h12-16H,1-11H2. The van der Waals surface area contributed by atoms with Gasteiger partial charge < -0.3 is 25.0 Å². The molecule has 1 aliphatic rings. The van der Waals surface area contributed by atoms with Crippen molar-refractivity contribution in [3.8, 4) is 0 Å². The lowest BCUT2D eigenvalue weighted by atomic mass is 9.92. The largest absolute Gasteiger partial charge is 0.394 e. The van der Waals surface area contributed by atoms with Crippen molar-refractivity contribution in [3.05, 3.63) is 0 Å². The van der Waals surface area contributed by atoms with E-state index < -0.39 is 0 Å². The predicted octanol–water partition coefficient (Wildman–Crippen LogP) is 0.153. The van der Waals surface area contributed by atoms with Gasteiger partial charge in [0.2, 0.25) is 0 Å². The zero-order valence-electron chi connectivity index (χ0n) is 11.1. The molecule has 0 bridgehead atoms. The van der Waals surface area contributed by atoms with Crippen molar-refractivity contribution in [1.29, 1.82) is 0 Å². The summed E-state index contributed by atoms with van der Waals surface area (Å²) >= 11 is 0. The lowest BCUT2D eigenvalue weighted by molar-refractivity contribution is 0.0607. The molecule has 1 rings (SSSR count). The minimum Gasteiger partial charge on any atom is -0.394 e. The number of hydrogen-bond donors (Lipinski definition) is 3. The van der Waals surface area contributed by atoms with E-state index in [4.69, 9.17) is 19.7 Å². The van der Waals surface area contributed by atoms with E-state index >= 15 is 0 Å². The molecule has 5 nitrogen and oxygen atoms in total. The monoisotopic (exact) mass is 261 g/mol. The molecular weight excluding hydrogens is 234 g/mol. The topological polar surface area (TPSA) is 71.0 Å². The third-order valence-electron chi connectivity index (χ3n) is 3.40. The van der Waals surface area contributed by atoms with Crippen LogP contribution in [0.1, 0.15) is 25.7 Å². The van der Waals surface area contributed by atoms with Gasteiger partial charge in [-0.15, -0.1) is 0 Å². The second-order valence-electron chi connectivity index (χ2n) is 4.71. The first-order chi connectivity index (χ1) is 8.88. The van der Waals surface area contributed by atoms with Crippen LogP contribution in [0.4, 0.5) is 0 Å². The zero-order chi connectivity index (χ0) is 13.1. The number of hydrogen-bond acceptors (Lipinski definition) is 5. The maximum absolute atomic E-state index is 8.66. The molecule has 0 spiro atoms. The van der Waals surface area contributed by atoms with E-state index in [9.17, 15) is 0 Å². The minimum atomic E-state index is 0.0892. The van der Waals surface area contributed by atoms with Crippen LogP contribution in [0.5, 0.6) is 0 Å². The Bertz CT molecular complexity index is 174. The first-order valence-electron chi connectivity index (χ1n) is 6.99. The number of nitrogens with one attached hydrogen (secondary N) is 1. The van der Waals surface area contributed by atoms with Gasteiger partial charge in [0.25, 0.3) is 0 Å². The summed E-state index contributed by atoms with van der Waals surface area (Å²) in [5.41, 5.74) is 0. The molecule has 1 atom stereocenters. The van der Waals surface area contributed by atoms with Crippen molar-refractivity contribution in [2.75, 3.05) is 46.2 Å². The van der Waals surface area contributed by atoms with Crippen molar-refractivity contribution >= 4 is 0 Å². The molecular formula is C13H27NO4. The van der Waals surface area contributed by atoms with Gasteiger partial charge >= 0.3 is 0 Å². The fourth-order valence-electron chi connectivity index (χ4n) is 2.46. The SMILES string of the molecule is OCCOCCC(CCOCCO)C1CCCN1. The Morgan fingerprint density at radius 2 is 1.61 bits per heavy atom. The van der Waals surface area contributed by atoms with E-state index in [0.29, 0.717) is 38.4 Å². The highest BCUT2D eigenvalue weighted by Gasteiger charge is 2.23. The van der Waals surface area contributed by atoms with Crippen LogP contribution in [0.25, 0.3) is 0 Å². The van der Waals surface area contributed by atoms with E-state index in [1.54, 1.807) is 0 Å². The van der Waals surface area contributed by atoms with E-state index in [2.05, 4.69) is 5.32 Å². The Hall–Kier alpha value is -0.200. The van der Waals surface area contributed by atoms with E-state index in [1.165, 1.54) is 12.8 Å². The lowest BCUT2D eigenvalue weighted by Crippen LogP contribution is -2.32. The van der Waals surface area contributed by atoms with Gasteiger partial charge in [0, 0.05) is 19.3 Å². The van der Waals surface area contributed by atoms with Crippen LogP contribution in [0.15, 0.2) is 0 Å². The summed E-state index contributed by atoms with van der Waals surface area (Å²) in [4.78, 5) is 0. The molecule has 0 amide bonds. The van der Waals surface area contributed by atoms with Crippen LogP contribution in [0, 0.1) is 5.92 Å². The third-order valence-corrected chi connectivity index (χ3v) is 3.40. The maximum atomic E-state index is 8.66. The summed E-state index contributed by atoms with van der Waals surface area (Å²) in [7, 11) is 0. The number of rotatable bonds is 11. The highest BCUT2D eigenvalue weighted by Crippen LogP contribution is 2.21. The van der Waals surface area contributed by atoms with Gasteiger partial charge in [-0.05, 0) is 38.1 Å². The fourth-order valence-corrected chi connectivity index (χ4v) is 2.46. The molecule has 18 heavy (non-hydrogen) atoms. The Morgan fingerprint density at radius 1 is 1.00 bits per heavy atom. The minimum absolute atomic E-state index is 0.0892. The number of aliphatic hydroxyl groups excluding tert-OH is 2. The molecule has 0 saturated carbocycles. The van der Waals surface area contributed by atoms with Gasteiger partial charge in [0.05, 0.1) is 26.4 Å². The second-order valence-corrected chi connectivity index (χ2v) is 4.71. The molecule has 108 valence electrons. The van der Waals surface area contributed by atoms with Gasteiger partial charge in [-0.2, -0.15) is 0 Å². The summed E-state index contributed by atoms with van der Waals surface area (Å²) in [6.07, 6.45) is 4.47. The number of aliphatic hydroxyl groups is 2. The summed E-state index contributed by atoms with van der Waals surface area (Å²) in [6.45, 7) is 3.53. The zero-order valence-corrected chi connectivity index (χ0v) is 11.1. The fraction of sp³-hybridized carbons (Fsp3) is 1.00. The van der Waals surface area contributed by atoms with Crippen molar-refractivity contribution in [1.82, 2.24) is 5.32 Å².